The minimum atomic E-state index is -0.609. The lowest BCUT2D eigenvalue weighted by Gasteiger charge is -2.11. The average Bonchev–Trinajstić information content (AvgIpc) is 2.65. The van der Waals surface area contributed by atoms with Crippen LogP contribution in [0.3, 0.4) is 0 Å². The predicted octanol–water partition coefficient (Wildman–Crippen LogP) is 2.48. The number of carbonyl (C=O) groups excluding carboxylic acids is 2. The van der Waals surface area contributed by atoms with E-state index in [-0.39, 0.29) is 22.7 Å². The molecular weight excluding hydrogens is 358 g/mol. The van der Waals surface area contributed by atoms with Gasteiger partial charge < -0.3 is 10.1 Å². The standard InChI is InChI=1S/C18H14ClN3O4/c1-26-18(25)12-8-11(6-7-13(12)19)21-16(23)10-22-15-5-3-2-4-14(15)20-9-17(22)24/h2-9H,10H2,1H3,(H,21,23). The van der Waals surface area contributed by atoms with Crippen LogP contribution < -0.4 is 10.9 Å². The molecule has 0 spiro atoms. The van der Waals surface area contributed by atoms with Gasteiger partial charge in [-0.2, -0.15) is 0 Å². The number of amides is 1. The van der Waals surface area contributed by atoms with Gasteiger partial charge in [-0.1, -0.05) is 23.7 Å². The highest BCUT2D eigenvalue weighted by molar-refractivity contribution is 6.33. The number of fused-ring (bicyclic) bond motifs is 1. The summed E-state index contributed by atoms with van der Waals surface area (Å²) in [5.41, 5.74) is 1.29. The van der Waals surface area contributed by atoms with Crippen molar-refractivity contribution in [1.82, 2.24) is 9.55 Å². The van der Waals surface area contributed by atoms with E-state index >= 15 is 0 Å². The number of carbonyl (C=O) groups is 2. The number of rotatable bonds is 4. The van der Waals surface area contributed by atoms with Gasteiger partial charge in [-0.25, -0.2) is 9.78 Å². The van der Waals surface area contributed by atoms with Gasteiger partial charge in [0.1, 0.15) is 6.54 Å². The van der Waals surface area contributed by atoms with E-state index < -0.39 is 11.9 Å². The number of hydrogen-bond acceptors (Lipinski definition) is 5. The molecule has 1 amide bonds. The Kier molecular flexibility index (Phi) is 4.99. The highest BCUT2D eigenvalue weighted by Gasteiger charge is 2.14. The first-order valence-corrected chi connectivity index (χ1v) is 7.99. The Hall–Kier alpha value is -3.19. The van der Waals surface area contributed by atoms with Crippen LogP contribution in [-0.2, 0) is 16.1 Å². The van der Waals surface area contributed by atoms with Gasteiger partial charge in [0, 0.05) is 5.69 Å². The van der Waals surface area contributed by atoms with E-state index in [0.29, 0.717) is 16.7 Å². The molecule has 0 unspecified atom stereocenters. The molecule has 1 aromatic heterocycles. The third-order valence-electron chi connectivity index (χ3n) is 3.71. The first kappa shape index (κ1) is 17.6. The summed E-state index contributed by atoms with van der Waals surface area (Å²) >= 11 is 5.96. The molecule has 0 aliphatic carbocycles. The summed E-state index contributed by atoms with van der Waals surface area (Å²) in [7, 11) is 1.24. The zero-order chi connectivity index (χ0) is 18.7. The quantitative estimate of drug-likeness (QED) is 0.711. The van der Waals surface area contributed by atoms with Crippen molar-refractivity contribution in [2.45, 2.75) is 6.54 Å². The maximum Gasteiger partial charge on any atom is 0.339 e. The minimum Gasteiger partial charge on any atom is -0.465 e. The fourth-order valence-corrected chi connectivity index (χ4v) is 2.69. The highest BCUT2D eigenvalue weighted by atomic mass is 35.5. The van der Waals surface area contributed by atoms with Gasteiger partial charge in [-0.15, -0.1) is 0 Å². The lowest BCUT2D eigenvalue weighted by atomic mass is 10.2. The number of para-hydroxylation sites is 2. The summed E-state index contributed by atoms with van der Waals surface area (Å²) in [6.07, 6.45) is 1.17. The van der Waals surface area contributed by atoms with Gasteiger partial charge in [0.05, 0.1) is 34.9 Å². The fourth-order valence-electron chi connectivity index (χ4n) is 2.49. The van der Waals surface area contributed by atoms with Crippen LogP contribution in [0.4, 0.5) is 5.69 Å². The molecule has 0 aliphatic heterocycles. The Labute approximate surface area is 153 Å². The van der Waals surface area contributed by atoms with E-state index in [1.54, 1.807) is 30.3 Å². The summed E-state index contributed by atoms with van der Waals surface area (Å²) in [5.74, 6) is -1.04. The molecule has 26 heavy (non-hydrogen) atoms. The smallest absolute Gasteiger partial charge is 0.339 e. The summed E-state index contributed by atoms with van der Waals surface area (Å²) in [4.78, 5) is 40.2. The third-order valence-corrected chi connectivity index (χ3v) is 4.04. The van der Waals surface area contributed by atoms with E-state index in [9.17, 15) is 14.4 Å². The number of benzene rings is 2. The Balaban J connectivity index is 1.86. The molecule has 0 bridgehead atoms. The van der Waals surface area contributed by atoms with Crippen molar-refractivity contribution in [1.29, 1.82) is 0 Å². The number of nitrogens with one attached hydrogen (secondary N) is 1. The molecule has 0 fully saturated rings. The van der Waals surface area contributed by atoms with Crippen LogP contribution in [-0.4, -0.2) is 28.5 Å². The molecule has 1 N–H and O–H groups in total. The van der Waals surface area contributed by atoms with Crippen molar-refractivity contribution < 1.29 is 14.3 Å². The Bertz CT molecular complexity index is 1060. The molecule has 132 valence electrons. The molecule has 0 saturated heterocycles. The highest BCUT2D eigenvalue weighted by Crippen LogP contribution is 2.21. The van der Waals surface area contributed by atoms with Crippen LogP contribution in [0.2, 0.25) is 5.02 Å². The van der Waals surface area contributed by atoms with Gasteiger partial charge in [0.15, 0.2) is 0 Å². The predicted molar refractivity (Wildman–Crippen MR) is 97.4 cm³/mol. The second-order valence-electron chi connectivity index (χ2n) is 5.41. The summed E-state index contributed by atoms with van der Waals surface area (Å²) in [6, 6.07) is 11.5. The van der Waals surface area contributed by atoms with Gasteiger partial charge >= 0.3 is 5.97 Å². The third kappa shape index (κ3) is 3.57. The van der Waals surface area contributed by atoms with E-state index in [1.165, 1.54) is 30.0 Å². The Morgan fingerprint density at radius 3 is 2.77 bits per heavy atom. The number of ether oxygens (including phenoxy) is 1. The molecule has 0 radical (unpaired) electrons. The van der Waals surface area contributed by atoms with Crippen molar-refractivity contribution in [3.05, 3.63) is 69.6 Å². The lowest BCUT2D eigenvalue weighted by molar-refractivity contribution is -0.116. The topological polar surface area (TPSA) is 90.3 Å². The fraction of sp³-hybridized carbons (Fsp3) is 0.111. The van der Waals surface area contributed by atoms with E-state index in [1.807, 2.05) is 0 Å². The number of hydrogen-bond donors (Lipinski definition) is 1. The molecule has 1 heterocycles. The molecule has 3 rings (SSSR count). The molecular formula is C18H14ClN3O4. The van der Waals surface area contributed by atoms with Gasteiger partial charge in [-0.05, 0) is 30.3 Å². The number of nitrogens with zero attached hydrogens (tertiary/aromatic N) is 2. The maximum atomic E-state index is 12.4. The Morgan fingerprint density at radius 1 is 1.23 bits per heavy atom. The van der Waals surface area contributed by atoms with Crippen molar-refractivity contribution in [3.8, 4) is 0 Å². The van der Waals surface area contributed by atoms with Crippen molar-refractivity contribution in [3.63, 3.8) is 0 Å². The van der Waals surface area contributed by atoms with Gasteiger partial charge in [-0.3, -0.25) is 14.2 Å². The summed E-state index contributed by atoms with van der Waals surface area (Å²) in [6.45, 7) is -0.196. The van der Waals surface area contributed by atoms with E-state index in [2.05, 4.69) is 15.0 Å². The summed E-state index contributed by atoms with van der Waals surface area (Å²) < 4.78 is 5.98. The number of anilines is 1. The normalized spacial score (nSPS) is 10.5. The summed E-state index contributed by atoms with van der Waals surface area (Å²) in [5, 5.41) is 2.86. The number of esters is 1. The molecule has 7 nitrogen and oxygen atoms in total. The van der Waals surface area contributed by atoms with Crippen LogP contribution in [0.15, 0.2) is 53.5 Å². The minimum absolute atomic E-state index is 0.137. The van der Waals surface area contributed by atoms with Crippen molar-refractivity contribution in [2.75, 3.05) is 12.4 Å². The van der Waals surface area contributed by atoms with Crippen molar-refractivity contribution in [2.24, 2.45) is 0 Å². The second-order valence-corrected chi connectivity index (χ2v) is 5.81. The van der Waals surface area contributed by atoms with E-state index in [0.717, 1.165) is 0 Å². The van der Waals surface area contributed by atoms with Crippen LogP contribution >= 0.6 is 11.6 Å². The first-order valence-electron chi connectivity index (χ1n) is 7.62. The van der Waals surface area contributed by atoms with Crippen LogP contribution in [0.25, 0.3) is 11.0 Å². The zero-order valence-corrected chi connectivity index (χ0v) is 14.5. The molecule has 0 saturated carbocycles. The van der Waals surface area contributed by atoms with Gasteiger partial charge in [0.25, 0.3) is 5.56 Å². The molecule has 8 heteroatoms. The monoisotopic (exact) mass is 371 g/mol. The first-order chi connectivity index (χ1) is 12.5. The van der Waals surface area contributed by atoms with Crippen molar-refractivity contribution >= 4 is 40.2 Å². The Morgan fingerprint density at radius 2 is 2.00 bits per heavy atom. The SMILES string of the molecule is COC(=O)c1cc(NC(=O)Cn2c(=O)cnc3ccccc32)ccc1Cl. The molecule has 0 aliphatic rings. The number of aromatic nitrogens is 2. The largest absolute Gasteiger partial charge is 0.465 e. The maximum absolute atomic E-state index is 12.4. The number of halogens is 1. The van der Waals surface area contributed by atoms with Gasteiger partial charge in [0.2, 0.25) is 5.91 Å². The molecule has 2 aromatic carbocycles. The lowest BCUT2D eigenvalue weighted by Crippen LogP contribution is -2.28. The van der Waals surface area contributed by atoms with Crippen LogP contribution in [0.5, 0.6) is 0 Å². The number of methoxy groups -OCH3 is 1. The zero-order valence-electron chi connectivity index (χ0n) is 13.7. The molecule has 0 atom stereocenters. The second kappa shape index (κ2) is 7.37. The van der Waals surface area contributed by atoms with E-state index in [4.69, 9.17) is 11.6 Å². The van der Waals surface area contributed by atoms with Crippen LogP contribution in [0.1, 0.15) is 10.4 Å². The van der Waals surface area contributed by atoms with Crippen LogP contribution in [0, 0.1) is 0 Å². The molecule has 3 aromatic rings. The average molecular weight is 372 g/mol.